The van der Waals surface area contributed by atoms with Crippen molar-refractivity contribution in [2.75, 3.05) is 7.11 Å². The van der Waals surface area contributed by atoms with E-state index in [0.717, 1.165) is 25.0 Å². The summed E-state index contributed by atoms with van der Waals surface area (Å²) < 4.78 is 32.2. The van der Waals surface area contributed by atoms with E-state index in [1.54, 1.807) is 0 Å². The summed E-state index contributed by atoms with van der Waals surface area (Å²) in [5, 5.41) is 10.8. The molecule has 0 atom stereocenters. The second-order valence-electron chi connectivity index (χ2n) is 5.32. The van der Waals surface area contributed by atoms with Crippen LogP contribution in [-0.4, -0.2) is 32.5 Å². The molecule has 1 aliphatic rings. The minimum absolute atomic E-state index is 0.0511. The molecule has 9 heteroatoms. The Morgan fingerprint density at radius 2 is 1.95 bits per heavy atom. The van der Waals surface area contributed by atoms with E-state index in [4.69, 9.17) is 10.5 Å². The van der Waals surface area contributed by atoms with Gasteiger partial charge < -0.3 is 10.5 Å². The van der Waals surface area contributed by atoms with E-state index in [1.165, 1.54) is 13.2 Å². The molecule has 0 heterocycles. The van der Waals surface area contributed by atoms with E-state index < -0.39 is 14.9 Å². The molecule has 1 fully saturated rings. The smallest absolute Gasteiger partial charge is 0.310 e. The summed E-state index contributed by atoms with van der Waals surface area (Å²) in [6, 6.07) is 3.46. The van der Waals surface area contributed by atoms with Crippen LogP contribution in [0.1, 0.15) is 25.7 Å². The van der Waals surface area contributed by atoms with Crippen molar-refractivity contribution in [3.05, 3.63) is 28.3 Å². The summed E-state index contributed by atoms with van der Waals surface area (Å²) >= 11 is 0. The Morgan fingerprint density at radius 1 is 1.32 bits per heavy atom. The van der Waals surface area contributed by atoms with Crippen LogP contribution in [0.2, 0.25) is 0 Å². The molecule has 0 aromatic heterocycles. The standard InChI is InChI=1S/C13H19N3O5S/c1-21-13-8-11(6-7-12(13)16(17)18)22(19,20)15-10-4-2-9(14)3-5-10/h6-10,15H,2-5,14H2,1H3. The molecule has 22 heavy (non-hydrogen) atoms. The molecular weight excluding hydrogens is 310 g/mol. The molecule has 2 rings (SSSR count). The zero-order valence-corrected chi connectivity index (χ0v) is 13.0. The number of benzene rings is 1. The van der Waals surface area contributed by atoms with Crippen LogP contribution in [0.4, 0.5) is 5.69 Å². The molecule has 0 spiro atoms. The number of rotatable bonds is 5. The predicted octanol–water partition coefficient (Wildman–Crippen LogP) is 1.15. The fourth-order valence-corrected chi connectivity index (χ4v) is 3.82. The largest absolute Gasteiger partial charge is 0.490 e. The monoisotopic (exact) mass is 329 g/mol. The Balaban J connectivity index is 2.20. The van der Waals surface area contributed by atoms with Crippen LogP contribution in [0.25, 0.3) is 0 Å². The Bertz CT molecular complexity index is 654. The molecule has 1 saturated carbocycles. The zero-order valence-electron chi connectivity index (χ0n) is 12.2. The van der Waals surface area contributed by atoms with E-state index in [0.29, 0.717) is 12.8 Å². The minimum Gasteiger partial charge on any atom is -0.490 e. The zero-order chi connectivity index (χ0) is 16.3. The third-order valence-corrected chi connectivity index (χ3v) is 5.27. The van der Waals surface area contributed by atoms with Gasteiger partial charge in [0.05, 0.1) is 16.9 Å². The maximum absolute atomic E-state index is 12.4. The van der Waals surface area contributed by atoms with Crippen LogP contribution in [0.15, 0.2) is 23.1 Å². The van der Waals surface area contributed by atoms with Crippen LogP contribution in [0, 0.1) is 10.1 Å². The number of nitro benzene ring substituents is 1. The molecule has 0 saturated heterocycles. The summed E-state index contributed by atoms with van der Waals surface area (Å²) in [5.41, 5.74) is 5.52. The number of ether oxygens (including phenoxy) is 1. The van der Waals surface area contributed by atoms with Crippen molar-refractivity contribution in [1.82, 2.24) is 4.72 Å². The molecule has 0 radical (unpaired) electrons. The van der Waals surface area contributed by atoms with Crippen molar-refractivity contribution in [3.63, 3.8) is 0 Å². The van der Waals surface area contributed by atoms with Gasteiger partial charge >= 0.3 is 5.69 Å². The first kappa shape index (κ1) is 16.7. The molecule has 0 unspecified atom stereocenters. The summed E-state index contributed by atoms with van der Waals surface area (Å²) in [7, 11) is -2.49. The molecule has 0 bridgehead atoms. The van der Waals surface area contributed by atoms with E-state index in [9.17, 15) is 18.5 Å². The highest BCUT2D eigenvalue weighted by atomic mass is 32.2. The number of nitrogens with one attached hydrogen (secondary N) is 1. The summed E-state index contributed by atoms with van der Waals surface area (Å²) in [6.07, 6.45) is 2.92. The van der Waals surface area contributed by atoms with E-state index in [1.807, 2.05) is 0 Å². The second-order valence-corrected chi connectivity index (χ2v) is 7.04. The maximum atomic E-state index is 12.4. The van der Waals surface area contributed by atoms with Gasteiger partial charge in [-0.25, -0.2) is 13.1 Å². The lowest BCUT2D eigenvalue weighted by atomic mass is 9.93. The molecule has 3 N–H and O–H groups in total. The van der Waals surface area contributed by atoms with Gasteiger partial charge in [0.1, 0.15) is 0 Å². The van der Waals surface area contributed by atoms with Gasteiger partial charge in [-0.3, -0.25) is 10.1 Å². The molecule has 0 amide bonds. The number of sulfonamides is 1. The van der Waals surface area contributed by atoms with Crippen LogP contribution < -0.4 is 15.2 Å². The van der Waals surface area contributed by atoms with Gasteiger partial charge in [0, 0.05) is 24.2 Å². The molecule has 122 valence electrons. The SMILES string of the molecule is COc1cc(S(=O)(=O)NC2CCC(N)CC2)ccc1[N+](=O)[O-]. The minimum atomic E-state index is -3.75. The van der Waals surface area contributed by atoms with Gasteiger partial charge in [-0.2, -0.15) is 0 Å². The third kappa shape index (κ3) is 3.73. The Morgan fingerprint density at radius 3 is 2.50 bits per heavy atom. The summed E-state index contributed by atoms with van der Waals surface area (Å²) in [5.74, 6) is -0.0847. The second kappa shape index (κ2) is 6.59. The fraction of sp³-hybridized carbons (Fsp3) is 0.538. The maximum Gasteiger partial charge on any atom is 0.310 e. The van der Waals surface area contributed by atoms with Crippen molar-refractivity contribution in [2.24, 2.45) is 5.73 Å². The normalized spacial score (nSPS) is 22.3. The van der Waals surface area contributed by atoms with Crippen molar-refractivity contribution < 1.29 is 18.1 Å². The van der Waals surface area contributed by atoms with Gasteiger partial charge in [0.15, 0.2) is 5.75 Å². The van der Waals surface area contributed by atoms with Crippen molar-refractivity contribution in [3.8, 4) is 5.75 Å². The quantitative estimate of drug-likeness (QED) is 0.617. The van der Waals surface area contributed by atoms with Gasteiger partial charge in [-0.05, 0) is 31.7 Å². The molecule has 0 aliphatic heterocycles. The number of nitrogens with two attached hydrogens (primary N) is 1. The van der Waals surface area contributed by atoms with Gasteiger partial charge in [-0.15, -0.1) is 0 Å². The number of nitro groups is 1. The first-order valence-corrected chi connectivity index (χ1v) is 8.42. The Labute approximate surface area is 128 Å². The fourth-order valence-electron chi connectivity index (χ4n) is 2.50. The third-order valence-electron chi connectivity index (χ3n) is 3.75. The van der Waals surface area contributed by atoms with E-state index >= 15 is 0 Å². The number of nitrogens with zero attached hydrogens (tertiary/aromatic N) is 1. The number of hydrogen-bond acceptors (Lipinski definition) is 6. The summed E-state index contributed by atoms with van der Waals surface area (Å²) in [4.78, 5) is 10.2. The lowest BCUT2D eigenvalue weighted by molar-refractivity contribution is -0.385. The van der Waals surface area contributed by atoms with Gasteiger partial charge in [0.25, 0.3) is 0 Å². The molecule has 1 aromatic carbocycles. The lowest BCUT2D eigenvalue weighted by Crippen LogP contribution is -2.40. The Kier molecular flexibility index (Phi) is 4.99. The number of hydrogen-bond donors (Lipinski definition) is 2. The molecule has 8 nitrogen and oxygen atoms in total. The van der Waals surface area contributed by atoms with Crippen LogP contribution in [0.5, 0.6) is 5.75 Å². The molecular formula is C13H19N3O5S. The first-order chi connectivity index (χ1) is 10.3. The molecule has 1 aliphatic carbocycles. The highest BCUT2D eigenvalue weighted by molar-refractivity contribution is 7.89. The Hall–Kier alpha value is -1.71. The first-order valence-electron chi connectivity index (χ1n) is 6.94. The van der Waals surface area contributed by atoms with Crippen LogP contribution in [0.3, 0.4) is 0 Å². The topological polar surface area (TPSA) is 125 Å². The summed E-state index contributed by atoms with van der Waals surface area (Å²) in [6.45, 7) is 0. The van der Waals surface area contributed by atoms with Crippen molar-refractivity contribution >= 4 is 15.7 Å². The van der Waals surface area contributed by atoms with Crippen molar-refractivity contribution in [2.45, 2.75) is 42.7 Å². The average molecular weight is 329 g/mol. The predicted molar refractivity (Wildman–Crippen MR) is 80.2 cm³/mol. The van der Waals surface area contributed by atoms with E-state index in [-0.39, 0.29) is 28.4 Å². The van der Waals surface area contributed by atoms with Crippen LogP contribution >= 0.6 is 0 Å². The highest BCUT2D eigenvalue weighted by Crippen LogP contribution is 2.29. The van der Waals surface area contributed by atoms with Gasteiger partial charge in [0.2, 0.25) is 10.0 Å². The number of methoxy groups -OCH3 is 1. The average Bonchev–Trinajstić information content (AvgIpc) is 2.48. The lowest BCUT2D eigenvalue weighted by Gasteiger charge is -2.26. The van der Waals surface area contributed by atoms with Gasteiger partial charge in [-0.1, -0.05) is 0 Å². The van der Waals surface area contributed by atoms with Crippen LogP contribution in [-0.2, 0) is 10.0 Å². The highest BCUT2D eigenvalue weighted by Gasteiger charge is 2.26. The van der Waals surface area contributed by atoms with Crippen molar-refractivity contribution in [1.29, 1.82) is 0 Å². The van der Waals surface area contributed by atoms with E-state index in [2.05, 4.69) is 4.72 Å². The molecule has 1 aromatic rings.